The maximum Gasteiger partial charge on any atom is 0.141 e. The topological polar surface area (TPSA) is 53.9 Å². The highest BCUT2D eigenvalue weighted by Crippen LogP contribution is 2.46. The average Bonchev–Trinajstić information content (AvgIpc) is 3.03. The van der Waals surface area contributed by atoms with E-state index in [0.29, 0.717) is 5.69 Å². The Morgan fingerprint density at radius 1 is 1.12 bits per heavy atom. The molecule has 6 heteroatoms. The molecule has 134 valence electrons. The first kappa shape index (κ1) is 17.1. The third kappa shape index (κ3) is 2.79. The maximum atomic E-state index is 10.2. The molecule has 0 saturated carbocycles. The fourth-order valence-electron chi connectivity index (χ4n) is 3.18. The van der Waals surface area contributed by atoms with Gasteiger partial charge in [0.1, 0.15) is 21.9 Å². The molecule has 0 aliphatic carbocycles. The molecule has 0 spiro atoms. The van der Waals surface area contributed by atoms with E-state index in [-0.39, 0.29) is 11.3 Å². The molecule has 26 heavy (non-hydrogen) atoms. The monoisotopic (exact) mass is 384 g/mol. The van der Waals surface area contributed by atoms with Crippen molar-refractivity contribution >= 4 is 32.1 Å². The number of ether oxygens (including phenoxy) is 1. The van der Waals surface area contributed by atoms with Gasteiger partial charge in [-0.15, -0.1) is 0 Å². The van der Waals surface area contributed by atoms with Crippen LogP contribution in [0.3, 0.4) is 0 Å². The molecule has 4 rings (SSSR count). The van der Waals surface area contributed by atoms with Crippen LogP contribution >= 0.6 is 20.7 Å². The zero-order chi connectivity index (χ0) is 18.5. The van der Waals surface area contributed by atoms with Crippen LogP contribution in [0, 0.1) is 6.92 Å². The number of aromatic hydroxyl groups is 1. The zero-order valence-electron chi connectivity index (χ0n) is 15.1. The summed E-state index contributed by atoms with van der Waals surface area (Å²) in [6.07, 6.45) is 0. The molecule has 0 atom stereocenters. The molecule has 0 amide bonds. The smallest absolute Gasteiger partial charge is 0.141 e. The molecule has 3 aromatic rings. The van der Waals surface area contributed by atoms with Crippen LogP contribution in [0.4, 0.5) is 11.4 Å². The average molecular weight is 385 g/mol. The van der Waals surface area contributed by atoms with Crippen LogP contribution in [0.5, 0.6) is 11.5 Å². The van der Waals surface area contributed by atoms with E-state index in [2.05, 4.69) is 25.2 Å². The number of methoxy groups -OCH3 is 1. The number of nitrogens with one attached hydrogen (secondary N) is 1. The van der Waals surface area contributed by atoms with Gasteiger partial charge in [-0.25, -0.2) is 4.99 Å². The van der Waals surface area contributed by atoms with Gasteiger partial charge in [0, 0.05) is 16.8 Å². The second-order valence-electron chi connectivity index (χ2n) is 6.94. The predicted molar refractivity (Wildman–Crippen MR) is 109 cm³/mol. The Kier molecular flexibility index (Phi) is 4.04. The minimum atomic E-state index is -0.180. The molecule has 2 N–H and O–H groups in total. The lowest BCUT2D eigenvalue weighted by Crippen LogP contribution is -2.31. The minimum Gasteiger partial charge on any atom is -0.506 e. The Bertz CT molecular complexity index is 1060. The molecule has 1 aromatic heterocycles. The fraction of sp³-hybridized carbons (Fsp3) is 0.250. The van der Waals surface area contributed by atoms with Crippen LogP contribution < -0.4 is 14.7 Å². The van der Waals surface area contributed by atoms with Gasteiger partial charge < -0.3 is 15.2 Å². The predicted octanol–water partition coefficient (Wildman–Crippen LogP) is 5.39. The number of hydrogen-bond acceptors (Lipinski definition) is 6. The first-order chi connectivity index (χ1) is 12.4. The van der Waals surface area contributed by atoms with Crippen LogP contribution in [0.2, 0.25) is 0 Å². The van der Waals surface area contributed by atoms with Crippen LogP contribution in [-0.2, 0) is 5.54 Å². The van der Waals surface area contributed by atoms with Gasteiger partial charge in [-0.05, 0) is 56.7 Å². The standard InChI is InChI=1S/C20H20N2O2S2/c1-11-5-8-16(23)15(9-11)21-19-17-13-10-12(24-4)6-7-14(13)22-20(2,3)18(17)25-26-19/h5-10,22-23H,1-4H3. The van der Waals surface area contributed by atoms with Crippen molar-refractivity contribution in [3.63, 3.8) is 0 Å². The summed E-state index contributed by atoms with van der Waals surface area (Å²) < 4.78 is 6.34. The Morgan fingerprint density at radius 3 is 2.69 bits per heavy atom. The third-order valence-electron chi connectivity index (χ3n) is 4.51. The number of phenols is 1. The number of rotatable bonds is 2. The molecule has 0 radical (unpaired) electrons. The summed E-state index contributed by atoms with van der Waals surface area (Å²) in [6.45, 7) is 6.35. The van der Waals surface area contributed by atoms with Crippen LogP contribution in [0.1, 0.15) is 24.3 Å². The summed E-state index contributed by atoms with van der Waals surface area (Å²) in [7, 11) is 5.04. The van der Waals surface area contributed by atoms with E-state index in [1.165, 1.54) is 4.88 Å². The number of aryl methyl sites for hydroxylation is 1. The Morgan fingerprint density at radius 2 is 1.92 bits per heavy atom. The summed E-state index contributed by atoms with van der Waals surface area (Å²) in [5.74, 6) is 1.01. The molecular weight excluding hydrogens is 364 g/mol. The lowest BCUT2D eigenvalue weighted by atomic mass is 9.90. The molecular formula is C20H20N2O2S2. The van der Waals surface area contributed by atoms with Gasteiger partial charge in [0.25, 0.3) is 0 Å². The SMILES string of the molecule is COc1ccc2c(c1)-c1c(ssc1=Nc1cc(C)ccc1O)C(C)(C)N2. The van der Waals surface area contributed by atoms with Crippen molar-refractivity contribution in [2.75, 3.05) is 12.4 Å². The van der Waals surface area contributed by atoms with Gasteiger partial charge in [0.15, 0.2) is 0 Å². The largest absolute Gasteiger partial charge is 0.506 e. The van der Waals surface area contributed by atoms with Crippen molar-refractivity contribution < 1.29 is 9.84 Å². The molecule has 0 unspecified atom stereocenters. The zero-order valence-corrected chi connectivity index (χ0v) is 16.7. The van der Waals surface area contributed by atoms with Crippen molar-refractivity contribution in [2.24, 2.45) is 4.99 Å². The summed E-state index contributed by atoms with van der Waals surface area (Å²) in [5.41, 5.74) is 4.77. The molecule has 4 nitrogen and oxygen atoms in total. The van der Waals surface area contributed by atoms with E-state index in [9.17, 15) is 5.11 Å². The Hall–Kier alpha value is -2.31. The molecule has 0 fully saturated rings. The van der Waals surface area contributed by atoms with Crippen molar-refractivity contribution in [1.82, 2.24) is 0 Å². The van der Waals surface area contributed by atoms with Gasteiger partial charge in [-0.2, -0.15) is 0 Å². The molecule has 0 bridgehead atoms. The number of fused-ring (bicyclic) bond motifs is 3. The van der Waals surface area contributed by atoms with Crippen molar-refractivity contribution in [2.45, 2.75) is 26.3 Å². The van der Waals surface area contributed by atoms with Gasteiger partial charge in [0.2, 0.25) is 0 Å². The van der Waals surface area contributed by atoms with E-state index in [1.54, 1.807) is 33.9 Å². The van der Waals surface area contributed by atoms with Crippen molar-refractivity contribution in [1.29, 1.82) is 0 Å². The van der Waals surface area contributed by atoms with Gasteiger partial charge >= 0.3 is 0 Å². The van der Waals surface area contributed by atoms with Crippen molar-refractivity contribution in [3.8, 4) is 22.6 Å². The normalized spacial score (nSPS) is 15.2. The fourth-order valence-corrected chi connectivity index (χ4v) is 6.11. The first-order valence-corrected chi connectivity index (χ1v) is 10.5. The highest BCUT2D eigenvalue weighted by atomic mass is 32.9. The summed E-state index contributed by atoms with van der Waals surface area (Å²) in [6, 6.07) is 11.5. The van der Waals surface area contributed by atoms with Gasteiger partial charge in [-0.3, -0.25) is 0 Å². The van der Waals surface area contributed by atoms with E-state index in [4.69, 9.17) is 9.73 Å². The van der Waals surface area contributed by atoms with Gasteiger partial charge in [-0.1, -0.05) is 26.7 Å². The Balaban J connectivity index is 2.00. The quantitative estimate of drug-likeness (QED) is 0.582. The molecule has 1 aliphatic heterocycles. The minimum absolute atomic E-state index is 0.180. The van der Waals surface area contributed by atoms with E-state index >= 15 is 0 Å². The van der Waals surface area contributed by atoms with Crippen LogP contribution in [0.25, 0.3) is 11.1 Å². The van der Waals surface area contributed by atoms with Crippen LogP contribution in [-0.4, -0.2) is 12.2 Å². The van der Waals surface area contributed by atoms with Crippen LogP contribution in [0.15, 0.2) is 41.4 Å². The lowest BCUT2D eigenvalue weighted by Gasteiger charge is -2.33. The van der Waals surface area contributed by atoms with Gasteiger partial charge in [0.05, 0.1) is 17.5 Å². The number of anilines is 1. The third-order valence-corrected chi connectivity index (χ3v) is 7.15. The highest BCUT2D eigenvalue weighted by Gasteiger charge is 2.33. The van der Waals surface area contributed by atoms with E-state index in [0.717, 1.165) is 32.8 Å². The number of phenolic OH excluding ortho intramolecular Hbond substituents is 1. The lowest BCUT2D eigenvalue weighted by molar-refractivity contribution is 0.415. The summed E-state index contributed by atoms with van der Waals surface area (Å²) >= 11 is 0. The molecule has 2 aromatic carbocycles. The highest BCUT2D eigenvalue weighted by molar-refractivity contribution is 7.68. The van der Waals surface area contributed by atoms with E-state index < -0.39 is 0 Å². The van der Waals surface area contributed by atoms with Crippen molar-refractivity contribution in [3.05, 3.63) is 51.5 Å². The summed E-state index contributed by atoms with van der Waals surface area (Å²) in [5, 5.41) is 13.8. The second kappa shape index (κ2) is 6.14. The number of hydrogen-bond donors (Lipinski definition) is 2. The Labute approximate surface area is 159 Å². The molecule has 2 heterocycles. The van der Waals surface area contributed by atoms with E-state index in [1.807, 2.05) is 31.2 Å². The summed E-state index contributed by atoms with van der Waals surface area (Å²) in [4.78, 5) is 6.05. The first-order valence-electron chi connectivity index (χ1n) is 8.33. The maximum absolute atomic E-state index is 10.2. The number of nitrogens with zero attached hydrogens (tertiary/aromatic N) is 1. The molecule has 1 aliphatic rings. The second-order valence-corrected chi connectivity index (χ2v) is 9.07. The number of benzene rings is 2. The molecule has 0 saturated heterocycles.